The van der Waals surface area contributed by atoms with Crippen molar-refractivity contribution in [1.29, 1.82) is 0 Å². The topological polar surface area (TPSA) is 46.5 Å². The molecular weight excluding hydrogens is 216 g/mol. The highest BCUT2D eigenvalue weighted by Gasteiger charge is 2.19. The van der Waals surface area contributed by atoms with Crippen molar-refractivity contribution in [3.05, 3.63) is 0 Å². The van der Waals surface area contributed by atoms with Crippen LogP contribution in [0.4, 0.5) is 0 Å². The van der Waals surface area contributed by atoms with Crippen LogP contribution in [-0.2, 0) is 9.53 Å². The molecule has 1 unspecified atom stereocenters. The largest absolute Gasteiger partial charge is 0.467 e. The van der Waals surface area contributed by atoms with E-state index in [0.717, 1.165) is 6.42 Å². The molecule has 0 aromatic rings. The van der Waals surface area contributed by atoms with Crippen LogP contribution < -0.4 is 0 Å². The fourth-order valence-electron chi connectivity index (χ4n) is 2.12. The van der Waals surface area contributed by atoms with Crippen LogP contribution in [0.3, 0.4) is 0 Å². The van der Waals surface area contributed by atoms with Gasteiger partial charge in [0.05, 0.1) is 7.11 Å². The maximum Gasteiger partial charge on any atom is 0.334 e. The molecule has 90 valence electrons. The minimum absolute atomic E-state index is 0. The summed E-state index contributed by atoms with van der Waals surface area (Å²) in [5.74, 6) is 0.212. The molecule has 1 N–H and O–H groups in total. The molecule has 3 nitrogen and oxygen atoms in total. The Bertz CT molecular complexity index is 179. The average Bonchev–Trinajstić information content (AvgIpc) is 2.26. The molecule has 1 fully saturated rings. The molecule has 0 aromatic heterocycles. The highest BCUT2D eigenvalue weighted by molar-refractivity contribution is 5.85. The first kappa shape index (κ1) is 14.7. The van der Waals surface area contributed by atoms with E-state index in [1.54, 1.807) is 0 Å². The van der Waals surface area contributed by atoms with Crippen LogP contribution in [0, 0.1) is 5.92 Å². The Morgan fingerprint density at radius 1 is 1.40 bits per heavy atom. The number of methoxy groups -OCH3 is 1. The molecule has 0 spiro atoms. The summed E-state index contributed by atoms with van der Waals surface area (Å²) in [6.45, 7) is 0. The van der Waals surface area contributed by atoms with Gasteiger partial charge in [0.25, 0.3) is 0 Å². The minimum Gasteiger partial charge on any atom is -0.467 e. The highest BCUT2D eigenvalue weighted by atomic mass is 35.5. The van der Waals surface area contributed by atoms with Crippen LogP contribution in [0.2, 0.25) is 0 Å². The SMILES string of the molecule is COC(=O)C(O)CCC1CCCCC1.Cl. The lowest BCUT2D eigenvalue weighted by Crippen LogP contribution is -2.22. The molecule has 0 bridgehead atoms. The van der Waals surface area contributed by atoms with Crippen molar-refractivity contribution in [2.45, 2.75) is 51.0 Å². The van der Waals surface area contributed by atoms with Gasteiger partial charge in [0.2, 0.25) is 0 Å². The van der Waals surface area contributed by atoms with Gasteiger partial charge in [0, 0.05) is 0 Å². The van der Waals surface area contributed by atoms with E-state index < -0.39 is 12.1 Å². The maximum atomic E-state index is 10.9. The maximum absolute atomic E-state index is 10.9. The van der Waals surface area contributed by atoms with Gasteiger partial charge in [-0.05, 0) is 18.8 Å². The van der Waals surface area contributed by atoms with Crippen molar-refractivity contribution in [2.24, 2.45) is 5.92 Å². The van der Waals surface area contributed by atoms with E-state index in [9.17, 15) is 9.90 Å². The summed E-state index contributed by atoms with van der Waals surface area (Å²) in [6, 6.07) is 0. The zero-order valence-corrected chi connectivity index (χ0v) is 10.1. The first-order valence-corrected chi connectivity index (χ1v) is 5.50. The Kier molecular flexibility index (Phi) is 7.79. The van der Waals surface area contributed by atoms with Crippen LogP contribution in [0.25, 0.3) is 0 Å². The van der Waals surface area contributed by atoms with Crippen LogP contribution in [0.15, 0.2) is 0 Å². The third-order valence-corrected chi connectivity index (χ3v) is 3.05. The van der Waals surface area contributed by atoms with E-state index in [4.69, 9.17) is 0 Å². The molecule has 1 saturated carbocycles. The van der Waals surface area contributed by atoms with Gasteiger partial charge in [0.1, 0.15) is 0 Å². The molecule has 1 atom stereocenters. The fraction of sp³-hybridized carbons (Fsp3) is 0.909. The predicted octanol–water partition coefficient (Wildman–Crippen LogP) is 2.30. The number of hydrogen-bond donors (Lipinski definition) is 1. The standard InChI is InChI=1S/C11H20O3.ClH/c1-14-11(13)10(12)8-7-9-5-3-2-4-6-9;/h9-10,12H,2-8H2,1H3;1H. The van der Waals surface area contributed by atoms with E-state index in [0.29, 0.717) is 12.3 Å². The third-order valence-electron chi connectivity index (χ3n) is 3.05. The Hall–Kier alpha value is -0.280. The average molecular weight is 237 g/mol. The second-order valence-corrected chi connectivity index (χ2v) is 4.12. The summed E-state index contributed by atoms with van der Waals surface area (Å²) in [5.41, 5.74) is 0. The number of carbonyl (C=O) groups excluding carboxylic acids is 1. The molecule has 0 aliphatic heterocycles. The Morgan fingerprint density at radius 2 is 2.00 bits per heavy atom. The molecule has 0 saturated heterocycles. The molecule has 15 heavy (non-hydrogen) atoms. The Labute approximate surface area is 97.6 Å². The predicted molar refractivity (Wildman–Crippen MR) is 61.1 cm³/mol. The van der Waals surface area contributed by atoms with E-state index in [-0.39, 0.29) is 12.4 Å². The van der Waals surface area contributed by atoms with Gasteiger partial charge < -0.3 is 9.84 Å². The quantitative estimate of drug-likeness (QED) is 0.762. The summed E-state index contributed by atoms with van der Waals surface area (Å²) in [5, 5.41) is 9.37. The number of aliphatic hydroxyl groups excluding tert-OH is 1. The van der Waals surface area contributed by atoms with E-state index in [2.05, 4.69) is 4.74 Å². The summed E-state index contributed by atoms with van der Waals surface area (Å²) >= 11 is 0. The number of aliphatic hydroxyl groups is 1. The van der Waals surface area contributed by atoms with Gasteiger partial charge in [0.15, 0.2) is 6.10 Å². The minimum atomic E-state index is -0.915. The molecule has 0 radical (unpaired) electrons. The van der Waals surface area contributed by atoms with Crippen molar-refractivity contribution in [3.8, 4) is 0 Å². The molecule has 1 aliphatic rings. The van der Waals surface area contributed by atoms with Gasteiger partial charge in [-0.3, -0.25) is 0 Å². The van der Waals surface area contributed by atoms with Crippen LogP contribution in [0.5, 0.6) is 0 Å². The number of rotatable bonds is 4. The third kappa shape index (κ3) is 5.38. The van der Waals surface area contributed by atoms with Gasteiger partial charge >= 0.3 is 5.97 Å². The van der Waals surface area contributed by atoms with Crippen molar-refractivity contribution in [2.75, 3.05) is 7.11 Å². The molecule has 0 heterocycles. The number of esters is 1. The molecular formula is C11H21ClO3. The van der Waals surface area contributed by atoms with Crippen molar-refractivity contribution in [3.63, 3.8) is 0 Å². The first-order valence-electron chi connectivity index (χ1n) is 5.50. The zero-order valence-electron chi connectivity index (χ0n) is 9.28. The summed E-state index contributed by atoms with van der Waals surface area (Å²) < 4.78 is 4.46. The van der Waals surface area contributed by atoms with Crippen LogP contribution >= 0.6 is 12.4 Å². The summed E-state index contributed by atoms with van der Waals surface area (Å²) in [6.07, 6.45) is 7.06. The van der Waals surface area contributed by atoms with Gasteiger partial charge in [-0.2, -0.15) is 0 Å². The van der Waals surface area contributed by atoms with Crippen LogP contribution in [-0.4, -0.2) is 24.3 Å². The van der Waals surface area contributed by atoms with Gasteiger partial charge in [-0.15, -0.1) is 12.4 Å². The van der Waals surface area contributed by atoms with E-state index in [1.165, 1.54) is 39.2 Å². The Balaban J connectivity index is 0.00000196. The number of carbonyl (C=O) groups is 1. The van der Waals surface area contributed by atoms with Crippen LogP contribution in [0.1, 0.15) is 44.9 Å². The first-order chi connectivity index (χ1) is 6.74. The number of ether oxygens (including phenoxy) is 1. The highest BCUT2D eigenvalue weighted by Crippen LogP contribution is 2.27. The second-order valence-electron chi connectivity index (χ2n) is 4.12. The second kappa shape index (κ2) is 7.94. The zero-order chi connectivity index (χ0) is 10.4. The number of hydrogen-bond acceptors (Lipinski definition) is 3. The lowest BCUT2D eigenvalue weighted by Gasteiger charge is -2.21. The smallest absolute Gasteiger partial charge is 0.334 e. The molecule has 0 amide bonds. The van der Waals surface area contributed by atoms with E-state index in [1.807, 2.05) is 0 Å². The fourth-order valence-corrected chi connectivity index (χ4v) is 2.12. The molecule has 1 rings (SSSR count). The molecule has 1 aliphatic carbocycles. The lowest BCUT2D eigenvalue weighted by atomic mass is 9.85. The van der Waals surface area contributed by atoms with Gasteiger partial charge in [-0.1, -0.05) is 32.1 Å². The van der Waals surface area contributed by atoms with Crippen molar-refractivity contribution in [1.82, 2.24) is 0 Å². The lowest BCUT2D eigenvalue weighted by molar-refractivity contribution is -0.150. The van der Waals surface area contributed by atoms with E-state index >= 15 is 0 Å². The summed E-state index contributed by atoms with van der Waals surface area (Å²) in [4.78, 5) is 10.9. The molecule has 4 heteroatoms. The van der Waals surface area contributed by atoms with Crippen molar-refractivity contribution < 1.29 is 14.6 Å². The Morgan fingerprint density at radius 3 is 2.53 bits per heavy atom. The molecule has 0 aromatic carbocycles. The monoisotopic (exact) mass is 236 g/mol. The normalized spacial score (nSPS) is 19.1. The number of halogens is 1. The summed E-state index contributed by atoms with van der Waals surface area (Å²) in [7, 11) is 1.31. The van der Waals surface area contributed by atoms with Gasteiger partial charge in [-0.25, -0.2) is 4.79 Å². The van der Waals surface area contributed by atoms with Crippen molar-refractivity contribution >= 4 is 18.4 Å².